The van der Waals surface area contributed by atoms with Crippen molar-refractivity contribution in [3.8, 4) is 0 Å². The van der Waals surface area contributed by atoms with E-state index in [1.54, 1.807) is 0 Å². The Labute approximate surface area is 88.9 Å². The molecule has 0 saturated carbocycles. The SMILES string of the molecule is CN(C)S(=O)(=O)NCC(C)(O)CC(=O)O. The van der Waals surface area contributed by atoms with Gasteiger partial charge in [-0.05, 0) is 6.92 Å². The van der Waals surface area contributed by atoms with E-state index in [2.05, 4.69) is 4.72 Å². The van der Waals surface area contributed by atoms with Crippen LogP contribution in [0.5, 0.6) is 0 Å². The molecule has 15 heavy (non-hydrogen) atoms. The first-order valence-electron chi connectivity index (χ1n) is 4.18. The Kier molecular flexibility index (Phi) is 4.65. The molecule has 0 aromatic carbocycles. The lowest BCUT2D eigenvalue weighted by atomic mass is 10.0. The Bertz CT molecular complexity index is 322. The number of carboxylic acid groups (broad SMARTS) is 1. The number of aliphatic carboxylic acids is 1. The number of hydrogen-bond donors (Lipinski definition) is 3. The molecular weight excluding hydrogens is 224 g/mol. The molecule has 0 aromatic heterocycles. The number of carbonyl (C=O) groups is 1. The molecule has 0 heterocycles. The van der Waals surface area contributed by atoms with Gasteiger partial charge in [0.05, 0.1) is 12.0 Å². The Morgan fingerprint density at radius 3 is 2.27 bits per heavy atom. The fourth-order valence-corrected chi connectivity index (χ4v) is 1.52. The summed E-state index contributed by atoms with van der Waals surface area (Å²) in [7, 11) is -0.982. The van der Waals surface area contributed by atoms with Gasteiger partial charge in [-0.2, -0.15) is 17.4 Å². The van der Waals surface area contributed by atoms with Crippen LogP contribution in [0, 0.1) is 0 Å². The Balaban J connectivity index is 4.33. The van der Waals surface area contributed by atoms with Gasteiger partial charge < -0.3 is 10.2 Å². The van der Waals surface area contributed by atoms with Crippen LogP contribution >= 0.6 is 0 Å². The second kappa shape index (κ2) is 4.88. The molecule has 0 bridgehead atoms. The van der Waals surface area contributed by atoms with Gasteiger partial charge in [0.15, 0.2) is 0 Å². The van der Waals surface area contributed by atoms with Gasteiger partial charge in [-0.15, -0.1) is 0 Å². The van der Waals surface area contributed by atoms with Crippen molar-refractivity contribution in [1.29, 1.82) is 0 Å². The fraction of sp³-hybridized carbons (Fsp3) is 0.857. The summed E-state index contributed by atoms with van der Waals surface area (Å²) >= 11 is 0. The van der Waals surface area contributed by atoms with E-state index in [9.17, 15) is 18.3 Å². The van der Waals surface area contributed by atoms with E-state index >= 15 is 0 Å². The minimum absolute atomic E-state index is 0.347. The standard InChI is InChI=1S/C7H16N2O5S/c1-7(12,4-6(10)11)5-8-15(13,14)9(2)3/h8,12H,4-5H2,1-3H3,(H,10,11). The molecule has 90 valence electrons. The van der Waals surface area contributed by atoms with E-state index < -0.39 is 28.2 Å². The molecule has 0 radical (unpaired) electrons. The van der Waals surface area contributed by atoms with Gasteiger partial charge in [-0.3, -0.25) is 4.79 Å². The van der Waals surface area contributed by atoms with Gasteiger partial charge >= 0.3 is 5.97 Å². The molecule has 0 saturated heterocycles. The second-order valence-electron chi connectivity index (χ2n) is 3.68. The minimum atomic E-state index is -3.64. The molecule has 0 aliphatic rings. The van der Waals surface area contributed by atoms with E-state index in [0.717, 1.165) is 4.31 Å². The first-order valence-corrected chi connectivity index (χ1v) is 5.62. The lowest BCUT2D eigenvalue weighted by molar-refractivity contribution is -0.141. The molecule has 0 aliphatic carbocycles. The smallest absolute Gasteiger partial charge is 0.306 e. The first-order chi connectivity index (χ1) is 6.57. The maximum absolute atomic E-state index is 11.2. The summed E-state index contributed by atoms with van der Waals surface area (Å²) in [6, 6.07) is 0. The van der Waals surface area contributed by atoms with Crippen molar-refractivity contribution in [1.82, 2.24) is 9.03 Å². The summed E-state index contributed by atoms with van der Waals surface area (Å²) in [5.74, 6) is -1.19. The van der Waals surface area contributed by atoms with Crippen LogP contribution in [0.25, 0.3) is 0 Å². The van der Waals surface area contributed by atoms with E-state index in [1.165, 1.54) is 21.0 Å². The summed E-state index contributed by atoms with van der Waals surface area (Å²) in [6.45, 7) is 0.902. The number of carboxylic acids is 1. The normalized spacial score (nSPS) is 16.3. The highest BCUT2D eigenvalue weighted by molar-refractivity contribution is 7.87. The molecule has 0 rings (SSSR count). The van der Waals surface area contributed by atoms with Crippen molar-refractivity contribution < 1.29 is 23.4 Å². The molecular formula is C7H16N2O5S. The van der Waals surface area contributed by atoms with Crippen molar-refractivity contribution in [2.24, 2.45) is 0 Å². The van der Waals surface area contributed by atoms with Gasteiger partial charge in [-0.1, -0.05) is 0 Å². The predicted octanol–water partition coefficient (Wildman–Crippen LogP) is -1.39. The highest BCUT2D eigenvalue weighted by Gasteiger charge is 2.26. The van der Waals surface area contributed by atoms with Crippen LogP contribution in [0.1, 0.15) is 13.3 Å². The largest absolute Gasteiger partial charge is 0.481 e. The third-order valence-corrected chi connectivity index (χ3v) is 3.12. The van der Waals surface area contributed by atoms with Crippen LogP contribution in [0.4, 0.5) is 0 Å². The van der Waals surface area contributed by atoms with Gasteiger partial charge in [0.25, 0.3) is 10.2 Å². The molecule has 0 aliphatic heterocycles. The topological polar surface area (TPSA) is 107 Å². The highest BCUT2D eigenvalue weighted by Crippen LogP contribution is 2.08. The van der Waals surface area contributed by atoms with Crippen LogP contribution < -0.4 is 4.72 Å². The van der Waals surface area contributed by atoms with Crippen molar-refractivity contribution in [2.45, 2.75) is 18.9 Å². The third kappa shape index (κ3) is 5.67. The van der Waals surface area contributed by atoms with E-state index in [-0.39, 0.29) is 6.54 Å². The van der Waals surface area contributed by atoms with Crippen LogP contribution in [-0.2, 0) is 15.0 Å². The molecule has 1 atom stereocenters. The van der Waals surface area contributed by atoms with Gasteiger partial charge in [0, 0.05) is 20.6 Å². The van der Waals surface area contributed by atoms with Crippen LogP contribution in [0.2, 0.25) is 0 Å². The van der Waals surface area contributed by atoms with Crippen molar-refractivity contribution in [2.75, 3.05) is 20.6 Å². The summed E-state index contributed by atoms with van der Waals surface area (Å²) in [6.07, 6.45) is -0.525. The maximum atomic E-state index is 11.2. The second-order valence-corrected chi connectivity index (χ2v) is 5.65. The van der Waals surface area contributed by atoms with Gasteiger partial charge in [0.1, 0.15) is 0 Å². The number of aliphatic hydroxyl groups is 1. The molecule has 8 heteroatoms. The summed E-state index contributed by atoms with van der Waals surface area (Å²) < 4.78 is 25.5. The average Bonchev–Trinajstić information content (AvgIpc) is 1.98. The summed E-state index contributed by atoms with van der Waals surface area (Å²) in [4.78, 5) is 10.3. The van der Waals surface area contributed by atoms with Crippen molar-refractivity contribution in [3.05, 3.63) is 0 Å². The number of nitrogens with one attached hydrogen (secondary N) is 1. The quantitative estimate of drug-likeness (QED) is 0.530. The lowest BCUT2D eigenvalue weighted by Gasteiger charge is -2.22. The van der Waals surface area contributed by atoms with Crippen molar-refractivity contribution in [3.63, 3.8) is 0 Å². The van der Waals surface area contributed by atoms with Gasteiger partial charge in [-0.25, -0.2) is 0 Å². The average molecular weight is 240 g/mol. The zero-order valence-electron chi connectivity index (χ0n) is 8.89. The summed E-state index contributed by atoms with van der Waals surface area (Å²) in [5.41, 5.74) is -1.60. The molecule has 0 aromatic rings. The maximum Gasteiger partial charge on any atom is 0.306 e. The zero-order valence-corrected chi connectivity index (χ0v) is 9.71. The van der Waals surface area contributed by atoms with Crippen LogP contribution in [0.3, 0.4) is 0 Å². The number of nitrogens with zero attached hydrogens (tertiary/aromatic N) is 1. The number of rotatable bonds is 6. The molecule has 0 spiro atoms. The van der Waals surface area contributed by atoms with Crippen LogP contribution in [-0.4, -0.2) is 55.1 Å². The monoisotopic (exact) mass is 240 g/mol. The number of hydrogen-bond acceptors (Lipinski definition) is 4. The lowest BCUT2D eigenvalue weighted by Crippen LogP contribution is -2.45. The predicted molar refractivity (Wildman–Crippen MR) is 53.5 cm³/mol. The van der Waals surface area contributed by atoms with Crippen molar-refractivity contribution >= 4 is 16.2 Å². The summed E-state index contributed by atoms with van der Waals surface area (Å²) in [5, 5.41) is 17.9. The highest BCUT2D eigenvalue weighted by atomic mass is 32.2. The molecule has 7 nitrogen and oxygen atoms in total. The third-order valence-electron chi connectivity index (χ3n) is 1.65. The Hall–Kier alpha value is -0.700. The van der Waals surface area contributed by atoms with Crippen LogP contribution in [0.15, 0.2) is 0 Å². The molecule has 0 fully saturated rings. The van der Waals surface area contributed by atoms with E-state index in [4.69, 9.17) is 5.11 Å². The fourth-order valence-electron chi connectivity index (χ4n) is 0.764. The first kappa shape index (κ1) is 14.3. The zero-order chi connectivity index (χ0) is 12.3. The van der Waals surface area contributed by atoms with E-state index in [1.807, 2.05) is 0 Å². The molecule has 0 amide bonds. The molecule has 1 unspecified atom stereocenters. The molecule has 3 N–H and O–H groups in total. The van der Waals surface area contributed by atoms with Gasteiger partial charge in [0.2, 0.25) is 0 Å². The minimum Gasteiger partial charge on any atom is -0.481 e. The van der Waals surface area contributed by atoms with E-state index in [0.29, 0.717) is 0 Å². The Morgan fingerprint density at radius 1 is 1.47 bits per heavy atom. The Morgan fingerprint density at radius 2 is 1.93 bits per heavy atom.